The first kappa shape index (κ1) is 25.9. The summed E-state index contributed by atoms with van der Waals surface area (Å²) in [4.78, 5) is 11.9. The highest BCUT2D eigenvalue weighted by molar-refractivity contribution is 7.85. The fourth-order valence-corrected chi connectivity index (χ4v) is 4.66. The van der Waals surface area contributed by atoms with E-state index in [0.717, 1.165) is 45.6 Å². The number of benzene rings is 3. The van der Waals surface area contributed by atoms with E-state index in [9.17, 15) is 13.5 Å². The lowest BCUT2D eigenvalue weighted by Gasteiger charge is -2.15. The molecule has 0 aliphatic carbocycles. The summed E-state index contributed by atoms with van der Waals surface area (Å²) in [6.45, 7) is 7.99. The molecule has 1 heterocycles. The van der Waals surface area contributed by atoms with Crippen molar-refractivity contribution in [2.24, 2.45) is 0 Å². The topological polar surface area (TPSA) is 163 Å². The number of aromatic hydroxyl groups is 1. The number of rotatable bonds is 7. The second kappa shape index (κ2) is 10.0. The maximum Gasteiger partial charge on any atom is 0.320 e. The Balaban J connectivity index is 1.54. The molecule has 0 bridgehead atoms. The molecule has 0 saturated carbocycles. The Bertz CT molecular complexity index is 1540. The van der Waals surface area contributed by atoms with Crippen LogP contribution in [0.25, 0.3) is 0 Å². The number of nitrogens with two attached hydrogens (primary N) is 1. The van der Waals surface area contributed by atoms with E-state index < -0.39 is 16.1 Å². The van der Waals surface area contributed by atoms with Crippen molar-refractivity contribution in [3.63, 3.8) is 0 Å². The van der Waals surface area contributed by atoms with Crippen LogP contribution in [0.15, 0.2) is 53.4 Å². The van der Waals surface area contributed by atoms with Crippen molar-refractivity contribution >= 4 is 39.1 Å². The third kappa shape index (κ3) is 6.13. The maximum atomic E-state index is 11.2. The summed E-state index contributed by atoms with van der Waals surface area (Å²) in [6.07, 6.45) is 0.765. The van der Waals surface area contributed by atoms with Crippen molar-refractivity contribution in [1.82, 2.24) is 15.0 Å². The zero-order valence-corrected chi connectivity index (χ0v) is 21.7. The SMILES string of the molecule is Cc1cc(Cc2cc(C)c(Nc3nc(O)nc(Nc4ccc(S(=O)(=O)O)cc4)n3)c(C)c2)cc(C)c1N. The number of nitrogens with zero attached hydrogens (tertiary/aromatic N) is 3. The van der Waals surface area contributed by atoms with Crippen LogP contribution in [0.5, 0.6) is 6.01 Å². The first-order valence-corrected chi connectivity index (χ1v) is 12.9. The summed E-state index contributed by atoms with van der Waals surface area (Å²) in [6, 6.07) is 13.3. The normalized spacial score (nSPS) is 11.4. The molecule has 192 valence electrons. The van der Waals surface area contributed by atoms with Crippen LogP contribution in [0.3, 0.4) is 0 Å². The number of hydrogen-bond donors (Lipinski definition) is 5. The molecule has 4 aromatic rings. The van der Waals surface area contributed by atoms with Gasteiger partial charge in [-0.25, -0.2) is 0 Å². The Kier molecular flexibility index (Phi) is 7.01. The van der Waals surface area contributed by atoms with Gasteiger partial charge in [0, 0.05) is 17.1 Å². The Hall–Kier alpha value is -4.22. The van der Waals surface area contributed by atoms with E-state index in [4.69, 9.17) is 10.3 Å². The van der Waals surface area contributed by atoms with Gasteiger partial charge in [-0.15, -0.1) is 0 Å². The molecule has 11 heteroatoms. The summed E-state index contributed by atoms with van der Waals surface area (Å²) in [5.74, 6) is 0.184. The molecule has 0 atom stereocenters. The fourth-order valence-electron chi connectivity index (χ4n) is 4.18. The minimum absolute atomic E-state index is 0.0515. The smallest absolute Gasteiger partial charge is 0.320 e. The van der Waals surface area contributed by atoms with Gasteiger partial charge in [-0.2, -0.15) is 23.4 Å². The van der Waals surface area contributed by atoms with Crippen molar-refractivity contribution in [2.45, 2.75) is 39.0 Å². The monoisotopic (exact) mass is 520 g/mol. The van der Waals surface area contributed by atoms with Gasteiger partial charge in [-0.1, -0.05) is 24.3 Å². The molecule has 6 N–H and O–H groups in total. The first-order chi connectivity index (χ1) is 17.4. The van der Waals surface area contributed by atoms with Gasteiger partial charge in [0.05, 0.1) is 4.90 Å². The van der Waals surface area contributed by atoms with Crippen LogP contribution >= 0.6 is 0 Å². The van der Waals surface area contributed by atoms with Crippen LogP contribution in [-0.2, 0) is 16.5 Å². The fraction of sp³-hybridized carbons (Fsp3) is 0.192. The highest BCUT2D eigenvalue weighted by Gasteiger charge is 2.13. The zero-order valence-electron chi connectivity index (χ0n) is 20.9. The maximum absolute atomic E-state index is 11.2. The van der Waals surface area contributed by atoms with Gasteiger partial charge in [0.2, 0.25) is 11.9 Å². The van der Waals surface area contributed by atoms with Crippen molar-refractivity contribution in [1.29, 1.82) is 0 Å². The van der Waals surface area contributed by atoms with Crippen LogP contribution in [0.2, 0.25) is 0 Å². The quantitative estimate of drug-likeness (QED) is 0.170. The lowest BCUT2D eigenvalue weighted by atomic mass is 9.96. The first-order valence-electron chi connectivity index (χ1n) is 11.4. The van der Waals surface area contributed by atoms with Crippen LogP contribution in [0.1, 0.15) is 33.4 Å². The molecule has 10 nitrogen and oxygen atoms in total. The van der Waals surface area contributed by atoms with Gasteiger partial charge in [0.1, 0.15) is 0 Å². The van der Waals surface area contributed by atoms with E-state index in [1.54, 1.807) is 0 Å². The van der Waals surface area contributed by atoms with Crippen molar-refractivity contribution < 1.29 is 18.1 Å². The largest absolute Gasteiger partial charge is 0.479 e. The molecule has 1 aromatic heterocycles. The molecule has 0 amide bonds. The van der Waals surface area contributed by atoms with E-state index in [1.165, 1.54) is 29.8 Å². The van der Waals surface area contributed by atoms with Crippen LogP contribution in [0, 0.1) is 27.7 Å². The second-order valence-electron chi connectivity index (χ2n) is 8.96. The average molecular weight is 521 g/mol. The minimum Gasteiger partial charge on any atom is -0.479 e. The van der Waals surface area contributed by atoms with E-state index in [2.05, 4.69) is 49.9 Å². The molecule has 0 saturated heterocycles. The molecule has 0 unspecified atom stereocenters. The predicted molar refractivity (Wildman–Crippen MR) is 143 cm³/mol. The zero-order chi connectivity index (χ0) is 26.9. The highest BCUT2D eigenvalue weighted by Crippen LogP contribution is 2.28. The lowest BCUT2D eigenvalue weighted by molar-refractivity contribution is 0.430. The predicted octanol–water partition coefficient (Wildman–Crippen LogP) is 4.72. The molecule has 0 spiro atoms. The summed E-state index contributed by atoms with van der Waals surface area (Å²) in [5, 5.41) is 16.1. The Labute approximate surface area is 215 Å². The van der Waals surface area contributed by atoms with Crippen LogP contribution < -0.4 is 16.4 Å². The number of nitrogen functional groups attached to an aromatic ring is 1. The van der Waals surface area contributed by atoms with Crippen LogP contribution in [-0.4, -0.2) is 33.0 Å². The van der Waals surface area contributed by atoms with Crippen molar-refractivity contribution in [3.8, 4) is 6.01 Å². The molecule has 3 aromatic carbocycles. The average Bonchev–Trinajstić information content (AvgIpc) is 2.79. The lowest BCUT2D eigenvalue weighted by Crippen LogP contribution is -2.06. The number of aryl methyl sites for hydroxylation is 4. The molecule has 0 aliphatic heterocycles. The molecule has 0 fully saturated rings. The summed E-state index contributed by atoms with van der Waals surface area (Å²) >= 11 is 0. The van der Waals surface area contributed by atoms with Gasteiger partial charge in [-0.3, -0.25) is 4.55 Å². The summed E-state index contributed by atoms with van der Waals surface area (Å²) < 4.78 is 31.6. The van der Waals surface area contributed by atoms with E-state index >= 15 is 0 Å². The van der Waals surface area contributed by atoms with E-state index in [1.807, 2.05) is 27.7 Å². The molecular formula is C26H28N6O4S. The second-order valence-corrected chi connectivity index (χ2v) is 10.4. The number of anilines is 5. The summed E-state index contributed by atoms with van der Waals surface area (Å²) in [5.41, 5.74) is 14.6. The minimum atomic E-state index is -4.30. The standard InChI is InChI=1S/C26H28N6O4S/c1-14-9-18(10-15(2)22(14)27)13-19-11-16(3)23(17(4)12-19)29-25-30-24(31-26(33)32-25)28-20-5-7-21(8-6-20)37(34,35)36/h5-12H,13,27H2,1-4H3,(H,34,35,36)(H3,28,29,30,31,32,33). The third-order valence-corrected chi connectivity index (χ3v) is 6.79. The van der Waals surface area contributed by atoms with Gasteiger partial charge >= 0.3 is 6.01 Å². The van der Waals surface area contributed by atoms with Gasteiger partial charge in [-0.05, 0) is 91.8 Å². The molecule has 0 aliphatic rings. The van der Waals surface area contributed by atoms with Crippen molar-refractivity contribution in [2.75, 3.05) is 16.4 Å². The van der Waals surface area contributed by atoms with E-state index in [-0.39, 0.29) is 16.8 Å². The number of aromatic nitrogens is 3. The number of hydrogen-bond acceptors (Lipinski definition) is 9. The van der Waals surface area contributed by atoms with Crippen LogP contribution in [0.4, 0.5) is 29.0 Å². The Morgan fingerprint density at radius 1 is 0.784 bits per heavy atom. The Morgan fingerprint density at radius 2 is 1.27 bits per heavy atom. The van der Waals surface area contributed by atoms with Gasteiger partial charge in [0.15, 0.2) is 0 Å². The molecule has 0 radical (unpaired) electrons. The van der Waals surface area contributed by atoms with Gasteiger partial charge in [0.25, 0.3) is 10.1 Å². The van der Waals surface area contributed by atoms with Crippen molar-refractivity contribution in [3.05, 3.63) is 81.9 Å². The Morgan fingerprint density at radius 3 is 1.78 bits per heavy atom. The van der Waals surface area contributed by atoms with E-state index in [0.29, 0.717) is 5.69 Å². The molecule has 37 heavy (non-hydrogen) atoms. The molecular weight excluding hydrogens is 492 g/mol. The van der Waals surface area contributed by atoms with Gasteiger partial charge < -0.3 is 21.5 Å². The summed E-state index contributed by atoms with van der Waals surface area (Å²) in [7, 11) is -4.30. The molecule has 4 rings (SSSR count). The highest BCUT2D eigenvalue weighted by atomic mass is 32.2. The number of nitrogens with one attached hydrogen (secondary N) is 2. The third-order valence-electron chi connectivity index (χ3n) is 5.92.